The summed E-state index contributed by atoms with van der Waals surface area (Å²) in [6.07, 6.45) is 1.65. The number of amides is 1. The molecule has 0 N–H and O–H groups in total. The Hall–Kier alpha value is -3.46. The molecule has 2 aromatic rings. The Bertz CT molecular complexity index is 1120. The minimum atomic E-state index is -1.30. The Morgan fingerprint density at radius 1 is 1.19 bits per heavy atom. The monoisotopic (exact) mass is 485 g/mol. The molecule has 8 nitrogen and oxygen atoms in total. The number of hydrogen-bond donors (Lipinski definition) is 0. The molecule has 0 fully saturated rings. The molecular weight excluding hydrogens is 468 g/mol. The van der Waals surface area contributed by atoms with Crippen LogP contribution in [0.15, 0.2) is 51.5 Å². The maximum Gasteiger partial charge on any atom is 0.308 e. The topological polar surface area (TPSA) is 108 Å². The lowest BCUT2D eigenvalue weighted by Gasteiger charge is -2.13. The molecule has 9 heteroatoms. The molecule has 160 valence electrons. The number of carboxylic acid groups (broad SMARTS) is 1. The van der Waals surface area contributed by atoms with Crippen molar-refractivity contribution in [2.75, 3.05) is 11.6 Å². The van der Waals surface area contributed by atoms with E-state index in [1.165, 1.54) is 36.2 Å². The van der Waals surface area contributed by atoms with Crippen molar-refractivity contribution in [2.45, 2.75) is 20.8 Å². The lowest BCUT2D eigenvalue weighted by molar-refractivity contribution is -0.255. The molecule has 0 atom stereocenters. The molecule has 1 aliphatic heterocycles. The van der Waals surface area contributed by atoms with Gasteiger partial charge in [0.2, 0.25) is 0 Å². The standard InChI is InChI=1S/C22H19BrN2O6/c1-4-30-19-10-15(18(23)11-20(19)31-13(3)26)9-17-12(2)24-25(21(17)27)16-7-5-14(6-8-16)22(28)29/h5-11H,4H2,1-3H3,(H,28,29)/p-1/b17-9+. The molecule has 1 heterocycles. The summed E-state index contributed by atoms with van der Waals surface area (Å²) in [5.41, 5.74) is 1.91. The highest BCUT2D eigenvalue weighted by Gasteiger charge is 2.29. The zero-order valence-electron chi connectivity index (χ0n) is 17.0. The molecule has 0 bridgehead atoms. The van der Waals surface area contributed by atoms with Crippen LogP contribution in [0, 0.1) is 0 Å². The van der Waals surface area contributed by atoms with Gasteiger partial charge in [-0.05, 0) is 55.3 Å². The summed E-state index contributed by atoms with van der Waals surface area (Å²) in [4.78, 5) is 35.2. The van der Waals surface area contributed by atoms with Crippen LogP contribution >= 0.6 is 15.9 Å². The second kappa shape index (κ2) is 9.13. The number of aromatic carboxylic acids is 1. The molecule has 1 amide bonds. The van der Waals surface area contributed by atoms with Crippen molar-refractivity contribution in [1.29, 1.82) is 0 Å². The first-order valence-corrected chi connectivity index (χ1v) is 10.1. The fraction of sp³-hybridized carbons (Fsp3) is 0.182. The highest BCUT2D eigenvalue weighted by atomic mass is 79.9. The lowest BCUT2D eigenvalue weighted by atomic mass is 10.1. The van der Waals surface area contributed by atoms with Crippen LogP contribution in [-0.2, 0) is 9.59 Å². The fourth-order valence-electron chi connectivity index (χ4n) is 2.92. The zero-order valence-corrected chi connectivity index (χ0v) is 18.6. The highest BCUT2D eigenvalue weighted by molar-refractivity contribution is 9.10. The van der Waals surface area contributed by atoms with Gasteiger partial charge < -0.3 is 19.4 Å². The van der Waals surface area contributed by atoms with Gasteiger partial charge in [0.15, 0.2) is 11.5 Å². The van der Waals surface area contributed by atoms with Crippen molar-refractivity contribution >= 4 is 51.3 Å². The molecule has 1 aliphatic rings. The summed E-state index contributed by atoms with van der Waals surface area (Å²) in [5, 5.41) is 16.4. The van der Waals surface area contributed by atoms with Crippen molar-refractivity contribution in [2.24, 2.45) is 5.10 Å². The summed E-state index contributed by atoms with van der Waals surface area (Å²) in [5.74, 6) is -1.52. The number of carboxylic acids is 1. The average molecular weight is 486 g/mol. The third-order valence-corrected chi connectivity index (χ3v) is 5.01. The van der Waals surface area contributed by atoms with Gasteiger partial charge in [0.25, 0.3) is 5.91 Å². The van der Waals surface area contributed by atoms with Gasteiger partial charge in [-0.2, -0.15) is 10.1 Å². The predicted octanol–water partition coefficient (Wildman–Crippen LogP) is 2.94. The van der Waals surface area contributed by atoms with Gasteiger partial charge in [-0.1, -0.05) is 28.1 Å². The van der Waals surface area contributed by atoms with Crippen LogP contribution in [0.3, 0.4) is 0 Å². The van der Waals surface area contributed by atoms with E-state index in [4.69, 9.17) is 9.47 Å². The van der Waals surface area contributed by atoms with E-state index in [9.17, 15) is 19.5 Å². The van der Waals surface area contributed by atoms with E-state index >= 15 is 0 Å². The smallest absolute Gasteiger partial charge is 0.308 e. The summed E-state index contributed by atoms with van der Waals surface area (Å²) in [7, 11) is 0. The lowest BCUT2D eigenvalue weighted by Crippen LogP contribution is -2.23. The van der Waals surface area contributed by atoms with E-state index in [1.54, 1.807) is 32.1 Å². The number of benzene rings is 2. The van der Waals surface area contributed by atoms with Crippen LogP contribution in [0.4, 0.5) is 5.69 Å². The van der Waals surface area contributed by atoms with Gasteiger partial charge in [-0.25, -0.2) is 0 Å². The van der Waals surface area contributed by atoms with Crippen molar-refractivity contribution in [3.05, 3.63) is 57.6 Å². The van der Waals surface area contributed by atoms with Gasteiger partial charge in [0, 0.05) is 11.4 Å². The molecule has 31 heavy (non-hydrogen) atoms. The van der Waals surface area contributed by atoms with E-state index in [2.05, 4.69) is 21.0 Å². The largest absolute Gasteiger partial charge is 0.545 e. The third-order valence-electron chi connectivity index (χ3n) is 4.33. The van der Waals surface area contributed by atoms with Gasteiger partial charge >= 0.3 is 5.97 Å². The summed E-state index contributed by atoms with van der Waals surface area (Å²) in [6, 6.07) is 8.93. The van der Waals surface area contributed by atoms with E-state index in [0.29, 0.717) is 39.4 Å². The third kappa shape index (κ3) is 4.83. The Morgan fingerprint density at radius 3 is 2.45 bits per heavy atom. The van der Waals surface area contributed by atoms with Crippen molar-refractivity contribution in [3.8, 4) is 11.5 Å². The quantitative estimate of drug-likeness (QED) is 0.353. The van der Waals surface area contributed by atoms with Gasteiger partial charge in [0.1, 0.15) is 0 Å². The second-order valence-electron chi connectivity index (χ2n) is 6.54. The van der Waals surface area contributed by atoms with Crippen LogP contribution in [0.25, 0.3) is 6.08 Å². The van der Waals surface area contributed by atoms with Crippen LogP contribution in [0.2, 0.25) is 0 Å². The molecule has 0 saturated carbocycles. The molecule has 2 aromatic carbocycles. The van der Waals surface area contributed by atoms with Crippen LogP contribution in [0.1, 0.15) is 36.7 Å². The number of carbonyl (C=O) groups is 3. The Morgan fingerprint density at radius 2 is 1.87 bits per heavy atom. The van der Waals surface area contributed by atoms with Crippen molar-refractivity contribution in [3.63, 3.8) is 0 Å². The average Bonchev–Trinajstić information content (AvgIpc) is 2.99. The molecular formula is C22H18BrN2O6-. The fourth-order valence-corrected chi connectivity index (χ4v) is 3.35. The predicted molar refractivity (Wildman–Crippen MR) is 116 cm³/mol. The zero-order chi connectivity index (χ0) is 22.7. The van der Waals surface area contributed by atoms with Crippen LogP contribution in [-0.4, -0.2) is 30.2 Å². The number of nitrogens with zero attached hydrogens (tertiary/aromatic N) is 2. The Labute approximate surface area is 186 Å². The van der Waals surface area contributed by atoms with Gasteiger partial charge in [0.05, 0.1) is 29.5 Å². The second-order valence-corrected chi connectivity index (χ2v) is 7.40. The number of carbonyl (C=O) groups excluding carboxylic acids is 3. The SMILES string of the molecule is CCOc1cc(/C=C2/C(=O)N(c3ccc(C(=O)[O-])cc3)N=C2C)c(Br)cc1OC(C)=O. The first-order valence-electron chi connectivity index (χ1n) is 9.29. The number of halogens is 1. The maximum atomic E-state index is 13.0. The van der Waals surface area contributed by atoms with Crippen molar-refractivity contribution in [1.82, 2.24) is 0 Å². The maximum absolute atomic E-state index is 13.0. The van der Waals surface area contributed by atoms with E-state index in [1.807, 2.05) is 0 Å². The Kier molecular flexibility index (Phi) is 6.55. The molecule has 0 aromatic heterocycles. The summed E-state index contributed by atoms with van der Waals surface area (Å²) >= 11 is 3.43. The van der Waals surface area contributed by atoms with E-state index in [-0.39, 0.29) is 17.2 Å². The number of anilines is 1. The molecule has 0 saturated heterocycles. The summed E-state index contributed by atoms with van der Waals surface area (Å²) < 4.78 is 11.3. The van der Waals surface area contributed by atoms with Gasteiger partial charge in [-0.15, -0.1) is 0 Å². The molecule has 0 spiro atoms. The normalized spacial score (nSPS) is 14.6. The first kappa shape index (κ1) is 22.2. The molecule has 0 aliphatic carbocycles. The summed E-state index contributed by atoms with van der Waals surface area (Å²) in [6.45, 7) is 5.16. The van der Waals surface area contributed by atoms with Crippen LogP contribution < -0.4 is 19.6 Å². The molecule has 3 rings (SSSR count). The van der Waals surface area contributed by atoms with Crippen LogP contribution in [0.5, 0.6) is 11.5 Å². The minimum absolute atomic E-state index is 0.00659. The number of hydrogen-bond acceptors (Lipinski definition) is 7. The minimum Gasteiger partial charge on any atom is -0.545 e. The number of hydrazone groups is 1. The van der Waals surface area contributed by atoms with E-state index in [0.717, 1.165) is 0 Å². The number of rotatable bonds is 6. The Balaban J connectivity index is 1.95. The molecule has 0 unspecified atom stereocenters. The molecule has 0 radical (unpaired) electrons. The van der Waals surface area contributed by atoms with Crippen molar-refractivity contribution < 1.29 is 29.0 Å². The van der Waals surface area contributed by atoms with E-state index < -0.39 is 11.9 Å². The number of esters is 1. The highest BCUT2D eigenvalue weighted by Crippen LogP contribution is 2.36. The first-order chi connectivity index (χ1) is 14.7. The number of ether oxygens (including phenoxy) is 2. The van der Waals surface area contributed by atoms with Gasteiger partial charge in [-0.3, -0.25) is 9.59 Å².